The number of carbonyl (C=O) groups excluding carboxylic acids is 2. The zero-order valence-corrected chi connectivity index (χ0v) is 10.4. The van der Waals surface area contributed by atoms with Gasteiger partial charge in [-0.15, -0.1) is 0 Å². The molecule has 1 aliphatic heterocycles. The minimum Gasteiger partial charge on any atom is -0.487 e. The van der Waals surface area contributed by atoms with Gasteiger partial charge in [0, 0.05) is 6.08 Å². The second-order valence-corrected chi connectivity index (χ2v) is 3.93. The molecule has 5 nitrogen and oxygen atoms in total. The van der Waals surface area contributed by atoms with Crippen LogP contribution < -0.4 is 0 Å². The Hall–Kier alpha value is -1.52. The van der Waals surface area contributed by atoms with Gasteiger partial charge in [-0.2, -0.15) is 0 Å². The zero-order valence-electron chi connectivity index (χ0n) is 10.4. The van der Waals surface area contributed by atoms with Crippen molar-refractivity contribution < 1.29 is 23.8 Å². The maximum Gasteiger partial charge on any atom is 0.374 e. The fourth-order valence-electron chi connectivity index (χ4n) is 1.38. The van der Waals surface area contributed by atoms with Gasteiger partial charge >= 0.3 is 11.9 Å². The van der Waals surface area contributed by atoms with E-state index >= 15 is 0 Å². The quantitative estimate of drug-likeness (QED) is 0.522. The molecule has 0 fully saturated rings. The van der Waals surface area contributed by atoms with Gasteiger partial charge in [-0.1, -0.05) is 13.3 Å². The minimum atomic E-state index is -1.35. The molecular formula is C12H18O5. The average molecular weight is 242 g/mol. The van der Waals surface area contributed by atoms with Crippen LogP contribution in [0.3, 0.4) is 0 Å². The summed E-state index contributed by atoms with van der Waals surface area (Å²) in [6.45, 7) is 5.88. The van der Waals surface area contributed by atoms with Crippen molar-refractivity contribution in [3.8, 4) is 0 Å². The Morgan fingerprint density at radius 3 is 2.76 bits per heavy atom. The molecule has 0 aliphatic carbocycles. The third-order valence-corrected chi connectivity index (χ3v) is 2.35. The van der Waals surface area contributed by atoms with Crippen LogP contribution in [0.25, 0.3) is 0 Å². The second-order valence-electron chi connectivity index (χ2n) is 3.93. The fourth-order valence-corrected chi connectivity index (χ4v) is 1.38. The molecule has 96 valence electrons. The van der Waals surface area contributed by atoms with Gasteiger partial charge in [-0.25, -0.2) is 9.59 Å². The molecular weight excluding hydrogens is 224 g/mol. The lowest BCUT2D eigenvalue weighted by Gasteiger charge is -2.17. The van der Waals surface area contributed by atoms with Gasteiger partial charge in [0.1, 0.15) is 0 Å². The Labute approximate surface area is 101 Å². The Bertz CT molecular complexity index is 334. The lowest BCUT2D eigenvalue weighted by atomic mass is 10.1. The Morgan fingerprint density at radius 2 is 2.18 bits per heavy atom. The molecule has 1 atom stereocenters. The van der Waals surface area contributed by atoms with Crippen molar-refractivity contribution >= 4 is 11.9 Å². The third-order valence-electron chi connectivity index (χ3n) is 2.35. The summed E-state index contributed by atoms with van der Waals surface area (Å²) < 4.78 is 15.1. The molecule has 5 heteroatoms. The number of hydrogen-bond donors (Lipinski definition) is 0. The average Bonchev–Trinajstić information content (AvgIpc) is 2.56. The number of esters is 2. The first-order valence-corrected chi connectivity index (χ1v) is 5.79. The standard InChI is InChI=1S/C12H18O5/c1-4-6-7-16-9-8-12(3,17-10(9)13)11(14)15-5-2/h8H,4-7H2,1-3H3. The predicted molar refractivity (Wildman–Crippen MR) is 60.1 cm³/mol. The maximum atomic E-state index is 11.6. The second kappa shape index (κ2) is 5.70. The van der Waals surface area contributed by atoms with E-state index in [1.165, 1.54) is 13.0 Å². The van der Waals surface area contributed by atoms with Gasteiger partial charge in [0.15, 0.2) is 0 Å². The van der Waals surface area contributed by atoms with Crippen molar-refractivity contribution in [3.05, 3.63) is 11.8 Å². The highest BCUT2D eigenvalue weighted by Crippen LogP contribution is 2.26. The van der Waals surface area contributed by atoms with Gasteiger partial charge in [0.05, 0.1) is 13.2 Å². The summed E-state index contributed by atoms with van der Waals surface area (Å²) in [6.07, 6.45) is 3.20. The Kier molecular flexibility index (Phi) is 4.54. The van der Waals surface area contributed by atoms with Crippen LogP contribution in [0.15, 0.2) is 11.8 Å². The van der Waals surface area contributed by atoms with Crippen LogP contribution in [0, 0.1) is 0 Å². The summed E-state index contributed by atoms with van der Waals surface area (Å²) in [5, 5.41) is 0. The fraction of sp³-hybridized carbons (Fsp3) is 0.667. The summed E-state index contributed by atoms with van der Waals surface area (Å²) >= 11 is 0. The molecule has 1 heterocycles. The van der Waals surface area contributed by atoms with Gasteiger partial charge in [-0.3, -0.25) is 0 Å². The molecule has 0 radical (unpaired) electrons. The molecule has 1 unspecified atom stereocenters. The van der Waals surface area contributed by atoms with Crippen LogP contribution in [0.4, 0.5) is 0 Å². The van der Waals surface area contributed by atoms with E-state index < -0.39 is 17.5 Å². The summed E-state index contributed by atoms with van der Waals surface area (Å²) in [6, 6.07) is 0. The van der Waals surface area contributed by atoms with E-state index in [-0.39, 0.29) is 12.4 Å². The molecule has 0 saturated heterocycles. The van der Waals surface area contributed by atoms with Crippen molar-refractivity contribution in [2.24, 2.45) is 0 Å². The summed E-state index contributed by atoms with van der Waals surface area (Å²) in [5.74, 6) is -1.10. The largest absolute Gasteiger partial charge is 0.487 e. The number of unbranched alkanes of at least 4 members (excludes halogenated alkanes) is 1. The van der Waals surface area contributed by atoms with E-state index in [9.17, 15) is 9.59 Å². The summed E-state index contributed by atoms with van der Waals surface area (Å²) in [7, 11) is 0. The van der Waals surface area contributed by atoms with Crippen LogP contribution in [0.5, 0.6) is 0 Å². The van der Waals surface area contributed by atoms with E-state index in [0.29, 0.717) is 6.61 Å². The first-order valence-electron chi connectivity index (χ1n) is 5.79. The van der Waals surface area contributed by atoms with E-state index in [0.717, 1.165) is 12.8 Å². The number of ether oxygens (including phenoxy) is 3. The summed E-state index contributed by atoms with van der Waals surface area (Å²) in [4.78, 5) is 23.1. The Balaban J connectivity index is 2.66. The van der Waals surface area contributed by atoms with Crippen molar-refractivity contribution in [2.75, 3.05) is 13.2 Å². The number of hydrogen-bond acceptors (Lipinski definition) is 5. The van der Waals surface area contributed by atoms with Crippen LogP contribution in [-0.4, -0.2) is 30.8 Å². The smallest absolute Gasteiger partial charge is 0.374 e. The zero-order chi connectivity index (χ0) is 12.9. The molecule has 0 amide bonds. The van der Waals surface area contributed by atoms with Crippen molar-refractivity contribution in [1.82, 2.24) is 0 Å². The molecule has 0 spiro atoms. The first-order chi connectivity index (χ1) is 8.03. The highest BCUT2D eigenvalue weighted by molar-refractivity contribution is 5.96. The molecule has 0 aromatic carbocycles. The van der Waals surface area contributed by atoms with Crippen LogP contribution >= 0.6 is 0 Å². The summed E-state index contributed by atoms with van der Waals surface area (Å²) in [5.41, 5.74) is -1.35. The molecule has 1 rings (SSSR count). The normalized spacial score (nSPS) is 23.0. The highest BCUT2D eigenvalue weighted by Gasteiger charge is 2.44. The van der Waals surface area contributed by atoms with Crippen molar-refractivity contribution in [2.45, 2.75) is 39.2 Å². The van der Waals surface area contributed by atoms with E-state index in [1.54, 1.807) is 6.92 Å². The van der Waals surface area contributed by atoms with Gasteiger partial charge in [0.25, 0.3) is 0 Å². The van der Waals surface area contributed by atoms with Gasteiger partial charge in [-0.05, 0) is 20.3 Å². The molecule has 0 saturated carbocycles. The molecule has 0 aromatic heterocycles. The minimum absolute atomic E-state index is 0.0917. The lowest BCUT2D eigenvalue weighted by molar-refractivity contribution is -0.170. The maximum absolute atomic E-state index is 11.6. The molecule has 0 bridgehead atoms. The molecule has 0 aromatic rings. The van der Waals surface area contributed by atoms with E-state index in [1.807, 2.05) is 6.92 Å². The van der Waals surface area contributed by atoms with Crippen molar-refractivity contribution in [3.63, 3.8) is 0 Å². The van der Waals surface area contributed by atoms with Crippen LogP contribution in [0.2, 0.25) is 0 Å². The monoisotopic (exact) mass is 242 g/mol. The SMILES string of the molecule is CCCCOC1=CC(C)(C(=O)OCC)OC1=O. The lowest BCUT2D eigenvalue weighted by Crippen LogP contribution is -2.36. The van der Waals surface area contributed by atoms with E-state index in [4.69, 9.17) is 14.2 Å². The van der Waals surface area contributed by atoms with Crippen LogP contribution in [0.1, 0.15) is 33.6 Å². The number of rotatable bonds is 6. The topological polar surface area (TPSA) is 61.8 Å². The highest BCUT2D eigenvalue weighted by atomic mass is 16.6. The number of cyclic esters (lactones) is 1. The van der Waals surface area contributed by atoms with Gasteiger partial charge in [0.2, 0.25) is 11.4 Å². The van der Waals surface area contributed by atoms with Gasteiger partial charge < -0.3 is 14.2 Å². The molecule has 17 heavy (non-hydrogen) atoms. The Morgan fingerprint density at radius 1 is 1.47 bits per heavy atom. The van der Waals surface area contributed by atoms with E-state index in [2.05, 4.69) is 0 Å². The predicted octanol–water partition coefficient (Wildman–Crippen LogP) is 1.57. The van der Waals surface area contributed by atoms with Crippen LogP contribution in [-0.2, 0) is 23.8 Å². The first kappa shape index (κ1) is 13.5. The van der Waals surface area contributed by atoms with Crippen molar-refractivity contribution in [1.29, 1.82) is 0 Å². The number of carbonyl (C=O) groups is 2. The molecule has 1 aliphatic rings. The molecule has 0 N–H and O–H groups in total. The third kappa shape index (κ3) is 3.22.